The van der Waals surface area contributed by atoms with Crippen LogP contribution in [0.25, 0.3) is 0 Å². The standard InChI is InChI=1S/C9H12N2/c1-6-3-2-4-9(11-6)7-5-8(7)10/h2-4,7-8H,5,10H2,1H3/t7-,8-/m1/s1. The maximum absolute atomic E-state index is 5.71. The van der Waals surface area contributed by atoms with Crippen molar-refractivity contribution in [3.05, 3.63) is 29.6 Å². The molecule has 0 aromatic carbocycles. The van der Waals surface area contributed by atoms with Gasteiger partial charge in [0.1, 0.15) is 0 Å². The minimum Gasteiger partial charge on any atom is -0.327 e. The minimum absolute atomic E-state index is 0.365. The lowest BCUT2D eigenvalue weighted by Crippen LogP contribution is -2.02. The first-order chi connectivity index (χ1) is 5.27. The molecule has 1 aromatic heterocycles. The largest absolute Gasteiger partial charge is 0.327 e. The molecule has 1 aromatic rings. The van der Waals surface area contributed by atoms with Crippen LogP contribution < -0.4 is 5.73 Å². The Hall–Kier alpha value is -0.890. The van der Waals surface area contributed by atoms with E-state index in [0.717, 1.165) is 17.8 Å². The van der Waals surface area contributed by atoms with E-state index in [1.807, 2.05) is 19.1 Å². The van der Waals surface area contributed by atoms with Gasteiger partial charge < -0.3 is 5.73 Å². The molecule has 0 bridgehead atoms. The van der Waals surface area contributed by atoms with Crippen molar-refractivity contribution in [1.29, 1.82) is 0 Å². The average Bonchev–Trinajstić information content (AvgIpc) is 2.67. The van der Waals surface area contributed by atoms with Gasteiger partial charge in [0, 0.05) is 23.3 Å². The molecule has 2 nitrogen and oxygen atoms in total. The van der Waals surface area contributed by atoms with E-state index in [0.29, 0.717) is 12.0 Å². The van der Waals surface area contributed by atoms with E-state index in [1.54, 1.807) is 0 Å². The van der Waals surface area contributed by atoms with E-state index in [2.05, 4.69) is 11.1 Å². The quantitative estimate of drug-likeness (QED) is 0.650. The van der Waals surface area contributed by atoms with Gasteiger partial charge in [-0.15, -0.1) is 0 Å². The molecule has 11 heavy (non-hydrogen) atoms. The monoisotopic (exact) mass is 148 g/mol. The first-order valence-electron chi connectivity index (χ1n) is 3.96. The summed E-state index contributed by atoms with van der Waals surface area (Å²) in [5.41, 5.74) is 7.96. The highest BCUT2D eigenvalue weighted by Gasteiger charge is 2.35. The molecule has 0 radical (unpaired) electrons. The van der Waals surface area contributed by atoms with E-state index in [-0.39, 0.29) is 0 Å². The molecule has 1 saturated carbocycles. The summed E-state index contributed by atoms with van der Waals surface area (Å²) in [5, 5.41) is 0. The summed E-state index contributed by atoms with van der Waals surface area (Å²) < 4.78 is 0. The fourth-order valence-corrected chi connectivity index (χ4v) is 1.33. The van der Waals surface area contributed by atoms with Crippen molar-refractivity contribution in [2.75, 3.05) is 0 Å². The van der Waals surface area contributed by atoms with Gasteiger partial charge in [0.05, 0.1) is 0 Å². The van der Waals surface area contributed by atoms with Gasteiger partial charge in [0.2, 0.25) is 0 Å². The molecule has 2 N–H and O–H groups in total. The van der Waals surface area contributed by atoms with Crippen LogP contribution >= 0.6 is 0 Å². The summed E-state index contributed by atoms with van der Waals surface area (Å²) in [6.45, 7) is 2.01. The second kappa shape index (κ2) is 2.31. The van der Waals surface area contributed by atoms with Crippen molar-refractivity contribution in [2.45, 2.75) is 25.3 Å². The van der Waals surface area contributed by atoms with E-state index >= 15 is 0 Å². The van der Waals surface area contributed by atoms with Gasteiger partial charge in [-0.3, -0.25) is 4.98 Å². The molecule has 2 heteroatoms. The first kappa shape index (κ1) is 6.80. The molecule has 0 unspecified atom stereocenters. The summed E-state index contributed by atoms with van der Waals surface area (Å²) in [4.78, 5) is 4.41. The summed E-state index contributed by atoms with van der Waals surface area (Å²) in [5.74, 6) is 0.537. The number of pyridine rings is 1. The van der Waals surface area contributed by atoms with Crippen LogP contribution in [0.5, 0.6) is 0 Å². The SMILES string of the molecule is Cc1cccc([C@@H]2C[C@H]2N)n1. The number of hydrogen-bond donors (Lipinski definition) is 1. The second-order valence-corrected chi connectivity index (χ2v) is 3.21. The number of aryl methyl sites for hydroxylation is 1. The fourth-order valence-electron chi connectivity index (χ4n) is 1.33. The molecule has 0 spiro atoms. The maximum atomic E-state index is 5.71. The molecule has 0 amide bonds. The zero-order valence-corrected chi connectivity index (χ0v) is 6.62. The van der Waals surface area contributed by atoms with Crippen molar-refractivity contribution in [2.24, 2.45) is 5.73 Å². The third kappa shape index (κ3) is 1.26. The Bertz CT molecular complexity index is 270. The van der Waals surface area contributed by atoms with Gasteiger partial charge in [0.25, 0.3) is 0 Å². The molecular formula is C9H12N2. The van der Waals surface area contributed by atoms with E-state index in [9.17, 15) is 0 Å². The molecule has 1 heterocycles. The fraction of sp³-hybridized carbons (Fsp3) is 0.444. The van der Waals surface area contributed by atoms with Gasteiger partial charge in [-0.25, -0.2) is 0 Å². The number of aromatic nitrogens is 1. The van der Waals surface area contributed by atoms with Crippen LogP contribution in [0.4, 0.5) is 0 Å². The highest BCUT2D eigenvalue weighted by molar-refractivity contribution is 5.22. The molecule has 1 fully saturated rings. The highest BCUT2D eigenvalue weighted by Crippen LogP contribution is 2.37. The lowest BCUT2D eigenvalue weighted by molar-refractivity contribution is 0.932. The van der Waals surface area contributed by atoms with Gasteiger partial charge >= 0.3 is 0 Å². The third-order valence-electron chi connectivity index (χ3n) is 2.13. The highest BCUT2D eigenvalue weighted by atomic mass is 14.8. The third-order valence-corrected chi connectivity index (χ3v) is 2.13. The molecule has 0 aliphatic heterocycles. The van der Waals surface area contributed by atoms with Gasteiger partial charge in [-0.2, -0.15) is 0 Å². The summed E-state index contributed by atoms with van der Waals surface area (Å²) >= 11 is 0. The van der Waals surface area contributed by atoms with Crippen molar-refractivity contribution < 1.29 is 0 Å². The Kier molecular flexibility index (Phi) is 1.43. The smallest absolute Gasteiger partial charge is 0.0453 e. The van der Waals surface area contributed by atoms with Crippen molar-refractivity contribution in [3.8, 4) is 0 Å². The van der Waals surface area contributed by atoms with E-state index < -0.39 is 0 Å². The molecular weight excluding hydrogens is 136 g/mol. The number of nitrogens with two attached hydrogens (primary N) is 1. The second-order valence-electron chi connectivity index (χ2n) is 3.21. The van der Waals surface area contributed by atoms with Crippen molar-refractivity contribution in [1.82, 2.24) is 4.98 Å². The first-order valence-corrected chi connectivity index (χ1v) is 3.96. The van der Waals surface area contributed by atoms with Crippen LogP contribution in [0, 0.1) is 6.92 Å². The Morgan fingerprint density at radius 2 is 2.27 bits per heavy atom. The van der Waals surface area contributed by atoms with Crippen LogP contribution in [0.1, 0.15) is 23.7 Å². The van der Waals surface area contributed by atoms with Gasteiger partial charge in [0.15, 0.2) is 0 Å². The number of rotatable bonds is 1. The summed E-state index contributed by atoms with van der Waals surface area (Å²) in [6.07, 6.45) is 1.11. The predicted octanol–water partition coefficient (Wildman–Crippen LogP) is 1.20. The topological polar surface area (TPSA) is 38.9 Å². The number of nitrogens with zero attached hydrogens (tertiary/aromatic N) is 1. The van der Waals surface area contributed by atoms with Crippen molar-refractivity contribution >= 4 is 0 Å². The van der Waals surface area contributed by atoms with Crippen LogP contribution in [0.15, 0.2) is 18.2 Å². The van der Waals surface area contributed by atoms with E-state index in [1.165, 1.54) is 0 Å². The predicted molar refractivity (Wildman–Crippen MR) is 44.3 cm³/mol. The summed E-state index contributed by atoms with van der Waals surface area (Å²) in [6, 6.07) is 6.48. The normalized spacial score (nSPS) is 28.5. The molecule has 58 valence electrons. The van der Waals surface area contributed by atoms with Crippen LogP contribution in [0.2, 0.25) is 0 Å². The van der Waals surface area contributed by atoms with Gasteiger partial charge in [-0.1, -0.05) is 6.07 Å². The Morgan fingerprint density at radius 1 is 1.55 bits per heavy atom. The summed E-state index contributed by atoms with van der Waals surface area (Å²) in [7, 11) is 0. The lowest BCUT2D eigenvalue weighted by atomic mass is 10.2. The Labute approximate surface area is 66.4 Å². The Balaban J connectivity index is 2.25. The Morgan fingerprint density at radius 3 is 2.82 bits per heavy atom. The lowest BCUT2D eigenvalue weighted by Gasteiger charge is -1.97. The molecule has 2 atom stereocenters. The minimum atomic E-state index is 0.365. The zero-order chi connectivity index (χ0) is 7.84. The van der Waals surface area contributed by atoms with Crippen LogP contribution in [-0.4, -0.2) is 11.0 Å². The molecule has 2 rings (SSSR count). The van der Waals surface area contributed by atoms with Crippen LogP contribution in [0.3, 0.4) is 0 Å². The molecule has 0 saturated heterocycles. The van der Waals surface area contributed by atoms with Crippen LogP contribution in [-0.2, 0) is 0 Å². The molecule has 1 aliphatic carbocycles. The van der Waals surface area contributed by atoms with Gasteiger partial charge in [-0.05, 0) is 25.5 Å². The van der Waals surface area contributed by atoms with E-state index in [4.69, 9.17) is 5.73 Å². The maximum Gasteiger partial charge on any atom is 0.0453 e. The number of hydrogen-bond acceptors (Lipinski definition) is 2. The average molecular weight is 148 g/mol. The van der Waals surface area contributed by atoms with Crippen molar-refractivity contribution in [3.63, 3.8) is 0 Å². The zero-order valence-electron chi connectivity index (χ0n) is 6.62. The molecule has 1 aliphatic rings.